The number of hydrogen-bond donors (Lipinski definition) is 0. The van der Waals surface area contributed by atoms with Gasteiger partial charge in [-0.05, 0) is 49.2 Å². The fourth-order valence-corrected chi connectivity index (χ4v) is 2.84. The lowest BCUT2D eigenvalue weighted by Gasteiger charge is -2.37. The van der Waals surface area contributed by atoms with Gasteiger partial charge >= 0.3 is 11.9 Å². The Morgan fingerprint density at radius 1 is 1.25 bits per heavy atom. The molecule has 1 aliphatic carbocycles. The number of ether oxygens (including phenoxy) is 2. The Hall–Kier alpha value is -1.58. The van der Waals surface area contributed by atoms with E-state index in [2.05, 4.69) is 39.8 Å². The van der Waals surface area contributed by atoms with Gasteiger partial charge in [-0.25, -0.2) is 0 Å². The number of carbonyl (C=O) groups is 2. The molecule has 0 bridgehead atoms. The van der Waals surface area contributed by atoms with Gasteiger partial charge in [0.1, 0.15) is 6.10 Å². The molecule has 0 aromatic carbocycles. The van der Waals surface area contributed by atoms with E-state index in [1.807, 2.05) is 6.92 Å². The van der Waals surface area contributed by atoms with Crippen molar-refractivity contribution in [2.24, 2.45) is 17.3 Å². The van der Waals surface area contributed by atoms with Crippen LogP contribution in [0.25, 0.3) is 0 Å². The molecule has 0 saturated heterocycles. The highest BCUT2D eigenvalue weighted by Gasteiger charge is 2.34. The van der Waals surface area contributed by atoms with Gasteiger partial charge in [-0.3, -0.25) is 9.59 Å². The predicted molar refractivity (Wildman–Crippen MR) is 94.8 cm³/mol. The lowest BCUT2D eigenvalue weighted by molar-refractivity contribution is -0.154. The zero-order chi connectivity index (χ0) is 18.5. The molecule has 1 rings (SSSR count). The normalized spacial score (nSPS) is 21.9. The molecule has 0 N–H and O–H groups in total. The summed E-state index contributed by atoms with van der Waals surface area (Å²) >= 11 is 0. The molecule has 1 radical (unpaired) electrons. The average Bonchev–Trinajstić information content (AvgIpc) is 2.46. The molecule has 4 heteroatoms. The summed E-state index contributed by atoms with van der Waals surface area (Å²) in [5.41, 5.74) is 2.43. The standard InChI is InChI=1S/C20H31O4/c1-13(2)8-9-17-15(4)18(10-11-20(17,6)7)24-19(22)14(3)12-23-16(5)21/h8-9,12-14,18H,10-11H2,1-7H3/b9-8+/t14?,18-/m1/s1. The number of carbonyl (C=O) groups excluding carboxylic acids is 2. The van der Waals surface area contributed by atoms with E-state index in [1.165, 1.54) is 19.1 Å². The van der Waals surface area contributed by atoms with Crippen molar-refractivity contribution in [1.82, 2.24) is 0 Å². The van der Waals surface area contributed by atoms with E-state index in [1.54, 1.807) is 6.92 Å². The van der Waals surface area contributed by atoms with Crippen LogP contribution >= 0.6 is 0 Å². The zero-order valence-electron chi connectivity index (χ0n) is 16.0. The molecule has 1 aliphatic rings. The van der Waals surface area contributed by atoms with Crippen molar-refractivity contribution in [3.05, 3.63) is 29.9 Å². The summed E-state index contributed by atoms with van der Waals surface area (Å²) in [5.74, 6) is -0.910. The first-order valence-electron chi connectivity index (χ1n) is 8.65. The third-order valence-corrected chi connectivity index (χ3v) is 4.38. The Morgan fingerprint density at radius 2 is 1.88 bits per heavy atom. The topological polar surface area (TPSA) is 52.6 Å². The summed E-state index contributed by atoms with van der Waals surface area (Å²) in [6, 6.07) is 0. The van der Waals surface area contributed by atoms with E-state index in [9.17, 15) is 9.59 Å². The molecule has 24 heavy (non-hydrogen) atoms. The van der Waals surface area contributed by atoms with Crippen LogP contribution in [0.15, 0.2) is 23.3 Å². The van der Waals surface area contributed by atoms with E-state index >= 15 is 0 Å². The third kappa shape index (κ3) is 5.81. The summed E-state index contributed by atoms with van der Waals surface area (Å²) in [7, 11) is 0. The minimum Gasteiger partial charge on any atom is -0.458 e. The van der Waals surface area contributed by atoms with Crippen molar-refractivity contribution in [1.29, 1.82) is 0 Å². The Kier molecular flexibility index (Phi) is 7.25. The summed E-state index contributed by atoms with van der Waals surface area (Å²) < 4.78 is 10.4. The number of esters is 2. The van der Waals surface area contributed by atoms with E-state index in [0.717, 1.165) is 18.4 Å². The fourth-order valence-electron chi connectivity index (χ4n) is 2.84. The minimum atomic E-state index is -0.578. The van der Waals surface area contributed by atoms with Crippen molar-refractivity contribution in [2.75, 3.05) is 0 Å². The van der Waals surface area contributed by atoms with Gasteiger partial charge in [-0.1, -0.05) is 39.8 Å². The molecule has 0 saturated carbocycles. The molecule has 0 aromatic rings. The van der Waals surface area contributed by atoms with Gasteiger partial charge in [0.15, 0.2) is 6.61 Å². The van der Waals surface area contributed by atoms with Gasteiger partial charge in [-0.2, -0.15) is 0 Å². The summed E-state index contributed by atoms with van der Waals surface area (Å²) in [4.78, 5) is 23.1. The molecule has 2 atom stereocenters. The smallest absolute Gasteiger partial charge is 0.313 e. The first kappa shape index (κ1) is 20.5. The molecule has 1 unspecified atom stereocenters. The Balaban J connectivity index is 2.86. The largest absolute Gasteiger partial charge is 0.458 e. The van der Waals surface area contributed by atoms with Crippen LogP contribution in [0.4, 0.5) is 0 Å². The maximum absolute atomic E-state index is 12.2. The van der Waals surface area contributed by atoms with Crippen molar-refractivity contribution in [2.45, 2.75) is 67.4 Å². The lowest BCUT2D eigenvalue weighted by Crippen LogP contribution is -2.32. The Bertz CT molecular complexity index is 526. The molecule has 0 aromatic heterocycles. The Morgan fingerprint density at radius 3 is 2.42 bits per heavy atom. The van der Waals surface area contributed by atoms with Crippen molar-refractivity contribution in [3.63, 3.8) is 0 Å². The van der Waals surface area contributed by atoms with Crippen LogP contribution in [0.2, 0.25) is 0 Å². The molecular formula is C20H31O4. The molecule has 0 amide bonds. The maximum Gasteiger partial charge on any atom is 0.313 e. The van der Waals surface area contributed by atoms with Crippen LogP contribution < -0.4 is 0 Å². The van der Waals surface area contributed by atoms with E-state index < -0.39 is 11.9 Å². The van der Waals surface area contributed by atoms with E-state index in [0.29, 0.717) is 5.92 Å². The summed E-state index contributed by atoms with van der Waals surface area (Å²) in [6.45, 7) is 15.0. The fraction of sp³-hybridized carbons (Fsp3) is 0.650. The first-order chi connectivity index (χ1) is 11.0. The van der Waals surface area contributed by atoms with Crippen molar-refractivity contribution < 1.29 is 19.1 Å². The maximum atomic E-state index is 12.2. The quantitative estimate of drug-likeness (QED) is 0.665. The second kappa shape index (κ2) is 8.50. The van der Waals surface area contributed by atoms with Gasteiger partial charge in [0.25, 0.3) is 0 Å². The van der Waals surface area contributed by atoms with Gasteiger partial charge in [0, 0.05) is 6.92 Å². The number of hydrogen-bond acceptors (Lipinski definition) is 4. The highest BCUT2D eigenvalue weighted by molar-refractivity contribution is 5.74. The summed E-state index contributed by atoms with van der Waals surface area (Å²) in [5, 5.41) is 0. The molecular weight excluding hydrogens is 304 g/mol. The second-order valence-corrected chi connectivity index (χ2v) is 7.58. The monoisotopic (exact) mass is 335 g/mol. The van der Waals surface area contributed by atoms with E-state index in [-0.39, 0.29) is 17.5 Å². The molecule has 0 heterocycles. The minimum absolute atomic E-state index is 0.0772. The van der Waals surface area contributed by atoms with Gasteiger partial charge in [0.2, 0.25) is 0 Å². The Labute approximate surface area is 146 Å². The van der Waals surface area contributed by atoms with Crippen LogP contribution in [0.1, 0.15) is 61.3 Å². The van der Waals surface area contributed by atoms with Crippen LogP contribution in [0, 0.1) is 23.9 Å². The average molecular weight is 335 g/mol. The molecule has 0 aliphatic heterocycles. The number of allylic oxidation sites excluding steroid dienone is 3. The predicted octanol–water partition coefficient (Wildman–Crippen LogP) is 4.61. The van der Waals surface area contributed by atoms with E-state index in [4.69, 9.17) is 9.47 Å². The first-order valence-corrected chi connectivity index (χ1v) is 8.65. The lowest BCUT2D eigenvalue weighted by atomic mass is 9.71. The van der Waals surface area contributed by atoms with Gasteiger partial charge in [0.05, 0.1) is 5.92 Å². The van der Waals surface area contributed by atoms with Gasteiger partial charge in [-0.15, -0.1) is 0 Å². The highest BCUT2D eigenvalue weighted by atomic mass is 16.6. The van der Waals surface area contributed by atoms with Gasteiger partial charge < -0.3 is 9.47 Å². The van der Waals surface area contributed by atoms with Crippen LogP contribution in [-0.4, -0.2) is 18.0 Å². The molecule has 4 nitrogen and oxygen atoms in total. The zero-order valence-corrected chi connectivity index (χ0v) is 16.0. The van der Waals surface area contributed by atoms with Crippen molar-refractivity contribution >= 4 is 11.9 Å². The third-order valence-electron chi connectivity index (χ3n) is 4.38. The summed E-state index contributed by atoms with van der Waals surface area (Å²) in [6.07, 6.45) is 5.91. The van der Waals surface area contributed by atoms with Crippen LogP contribution in [-0.2, 0) is 19.1 Å². The van der Waals surface area contributed by atoms with Crippen LogP contribution in [0.5, 0.6) is 0 Å². The molecule has 0 spiro atoms. The molecule has 135 valence electrons. The van der Waals surface area contributed by atoms with Crippen LogP contribution in [0.3, 0.4) is 0 Å². The highest BCUT2D eigenvalue weighted by Crippen LogP contribution is 2.42. The molecule has 0 fully saturated rings. The number of rotatable bonds is 6. The second-order valence-electron chi connectivity index (χ2n) is 7.58. The SMILES string of the molecule is CC(=O)O[CH]C(C)C(=O)O[C@@H]1CCC(C)(C)C(/C=C/C(C)C)=C1C. The van der Waals surface area contributed by atoms with Crippen molar-refractivity contribution in [3.8, 4) is 0 Å².